The topological polar surface area (TPSA) is 83.5 Å². The number of hydrogen-bond donors (Lipinski definition) is 2. The third-order valence-corrected chi connectivity index (χ3v) is 4.30. The maximum absolute atomic E-state index is 11.3. The highest BCUT2D eigenvalue weighted by molar-refractivity contribution is 7.90. The molecule has 0 heterocycles. The van der Waals surface area contributed by atoms with Crippen LogP contribution in [-0.4, -0.2) is 31.8 Å². The van der Waals surface area contributed by atoms with Crippen molar-refractivity contribution in [3.05, 3.63) is 0 Å². The van der Waals surface area contributed by atoms with Gasteiger partial charge in [-0.15, -0.1) is 0 Å². The molecule has 94 valence electrons. The molecular formula is C10H19NO4S. The number of hydrogen-bond acceptors (Lipinski definition) is 3. The normalized spacial score (nSPS) is 20.6. The fourth-order valence-corrected chi connectivity index (χ4v) is 3.08. The molecule has 0 bridgehead atoms. The minimum absolute atomic E-state index is 0.0101. The van der Waals surface area contributed by atoms with E-state index >= 15 is 0 Å². The van der Waals surface area contributed by atoms with Crippen LogP contribution in [0.25, 0.3) is 0 Å². The van der Waals surface area contributed by atoms with Crippen molar-refractivity contribution < 1.29 is 18.3 Å². The lowest BCUT2D eigenvalue weighted by molar-refractivity contribution is -0.134. The van der Waals surface area contributed by atoms with Gasteiger partial charge in [-0.2, -0.15) is 0 Å². The van der Waals surface area contributed by atoms with Gasteiger partial charge in [0.25, 0.3) is 0 Å². The first-order valence-electron chi connectivity index (χ1n) is 5.52. The first-order chi connectivity index (χ1) is 7.33. The van der Waals surface area contributed by atoms with Crippen molar-refractivity contribution in [2.45, 2.75) is 39.0 Å². The molecule has 0 amide bonds. The van der Waals surface area contributed by atoms with Crippen molar-refractivity contribution in [3.8, 4) is 0 Å². The van der Waals surface area contributed by atoms with E-state index in [0.29, 0.717) is 6.54 Å². The number of nitrogens with one attached hydrogen (secondary N) is 1. The fraction of sp³-hybridized carbons (Fsp3) is 0.900. The fourth-order valence-electron chi connectivity index (χ4n) is 2.08. The van der Waals surface area contributed by atoms with Crippen molar-refractivity contribution in [2.75, 3.05) is 12.3 Å². The molecule has 6 heteroatoms. The van der Waals surface area contributed by atoms with Crippen molar-refractivity contribution >= 4 is 16.0 Å². The van der Waals surface area contributed by atoms with Crippen LogP contribution in [0.4, 0.5) is 0 Å². The number of rotatable bonds is 5. The van der Waals surface area contributed by atoms with Gasteiger partial charge in [-0.3, -0.25) is 4.79 Å². The summed E-state index contributed by atoms with van der Waals surface area (Å²) in [5.74, 6) is -2.16. The van der Waals surface area contributed by atoms with Crippen LogP contribution in [0.1, 0.15) is 39.0 Å². The minimum atomic E-state index is -3.67. The zero-order chi connectivity index (χ0) is 12.2. The Morgan fingerprint density at radius 2 is 1.88 bits per heavy atom. The Kier molecular flexibility index (Phi) is 4.32. The molecule has 2 N–H and O–H groups in total. The highest BCUT2D eigenvalue weighted by Crippen LogP contribution is 2.34. The molecule has 1 rings (SSSR count). The lowest BCUT2D eigenvalue weighted by atomic mass is 9.76. The quantitative estimate of drug-likeness (QED) is 0.760. The number of sulfonamides is 1. The van der Waals surface area contributed by atoms with Crippen molar-refractivity contribution in [1.82, 2.24) is 4.72 Å². The van der Waals surface area contributed by atoms with Gasteiger partial charge in [0.05, 0.1) is 0 Å². The van der Waals surface area contributed by atoms with Crippen LogP contribution >= 0.6 is 0 Å². The second-order valence-corrected chi connectivity index (χ2v) is 6.65. The summed E-state index contributed by atoms with van der Waals surface area (Å²) in [5.41, 5.74) is -0.0101. The smallest absolute Gasteiger partial charge is 0.320 e. The number of carboxylic acid groups (broad SMARTS) is 1. The number of aliphatic carboxylic acids is 1. The average molecular weight is 249 g/mol. The van der Waals surface area contributed by atoms with E-state index < -0.39 is 21.7 Å². The van der Waals surface area contributed by atoms with E-state index in [-0.39, 0.29) is 5.41 Å². The molecule has 0 aliphatic heterocycles. The summed E-state index contributed by atoms with van der Waals surface area (Å²) in [5, 5.41) is 8.43. The molecule has 0 aromatic heterocycles. The molecular weight excluding hydrogens is 230 g/mol. The van der Waals surface area contributed by atoms with Crippen LogP contribution in [0, 0.1) is 5.41 Å². The molecule has 0 spiro atoms. The van der Waals surface area contributed by atoms with Crippen molar-refractivity contribution in [3.63, 3.8) is 0 Å². The summed E-state index contributed by atoms with van der Waals surface area (Å²) in [4.78, 5) is 10.3. The summed E-state index contributed by atoms with van der Waals surface area (Å²) in [6.07, 6.45) is 5.46. The average Bonchev–Trinajstić information content (AvgIpc) is 2.15. The van der Waals surface area contributed by atoms with Gasteiger partial charge in [0.2, 0.25) is 10.0 Å². The van der Waals surface area contributed by atoms with E-state index in [1.54, 1.807) is 0 Å². The summed E-state index contributed by atoms with van der Waals surface area (Å²) in [6.45, 7) is 2.40. The van der Waals surface area contributed by atoms with E-state index in [4.69, 9.17) is 5.11 Å². The minimum Gasteiger partial charge on any atom is -0.480 e. The van der Waals surface area contributed by atoms with Crippen LogP contribution in [0.3, 0.4) is 0 Å². The predicted molar refractivity (Wildman–Crippen MR) is 60.6 cm³/mol. The Bertz CT molecular complexity index is 344. The van der Waals surface area contributed by atoms with Crippen LogP contribution in [0.5, 0.6) is 0 Å². The highest BCUT2D eigenvalue weighted by Gasteiger charge is 2.28. The maximum Gasteiger partial charge on any atom is 0.320 e. The molecule has 1 aliphatic carbocycles. The van der Waals surface area contributed by atoms with E-state index in [2.05, 4.69) is 11.6 Å². The third kappa shape index (κ3) is 4.49. The van der Waals surface area contributed by atoms with Crippen molar-refractivity contribution in [1.29, 1.82) is 0 Å². The summed E-state index contributed by atoms with van der Waals surface area (Å²) in [7, 11) is -3.67. The SMILES string of the molecule is CC1(CNS(=O)(=O)CC(=O)O)CCCCC1. The predicted octanol–water partition coefficient (Wildman–Crippen LogP) is 0.961. The van der Waals surface area contributed by atoms with Gasteiger partial charge < -0.3 is 5.11 Å². The van der Waals surface area contributed by atoms with Crippen LogP contribution in [0.2, 0.25) is 0 Å². The second-order valence-electron chi connectivity index (χ2n) is 4.85. The molecule has 0 radical (unpaired) electrons. The Hall–Kier alpha value is -0.620. The summed E-state index contributed by atoms with van der Waals surface area (Å²) >= 11 is 0. The monoisotopic (exact) mass is 249 g/mol. The standard InChI is InChI=1S/C10H19NO4S/c1-10(5-3-2-4-6-10)8-11-16(14,15)7-9(12)13/h11H,2-8H2,1H3,(H,12,13). The van der Waals surface area contributed by atoms with Crippen LogP contribution in [-0.2, 0) is 14.8 Å². The maximum atomic E-state index is 11.3. The molecule has 0 aromatic rings. The second kappa shape index (κ2) is 5.14. The molecule has 0 unspecified atom stereocenters. The third-order valence-electron chi connectivity index (χ3n) is 3.09. The number of carbonyl (C=O) groups is 1. The highest BCUT2D eigenvalue weighted by atomic mass is 32.2. The van der Waals surface area contributed by atoms with Crippen LogP contribution in [0.15, 0.2) is 0 Å². The number of carboxylic acids is 1. The van der Waals surface area contributed by atoms with E-state index in [0.717, 1.165) is 25.7 Å². The van der Waals surface area contributed by atoms with Gasteiger partial charge in [-0.25, -0.2) is 13.1 Å². The Balaban J connectivity index is 2.46. The molecule has 5 nitrogen and oxygen atoms in total. The first-order valence-corrected chi connectivity index (χ1v) is 7.17. The lowest BCUT2D eigenvalue weighted by Gasteiger charge is -2.33. The van der Waals surface area contributed by atoms with Gasteiger partial charge in [0.1, 0.15) is 0 Å². The Labute approximate surface area is 96.3 Å². The molecule has 1 aliphatic rings. The molecule has 1 fully saturated rings. The summed E-state index contributed by atoms with van der Waals surface area (Å²) < 4.78 is 25.1. The zero-order valence-electron chi connectivity index (χ0n) is 9.53. The Morgan fingerprint density at radius 3 is 2.38 bits per heavy atom. The molecule has 0 aromatic carbocycles. The Morgan fingerprint density at radius 1 is 1.31 bits per heavy atom. The van der Waals surface area contributed by atoms with Gasteiger partial charge in [-0.1, -0.05) is 26.2 Å². The van der Waals surface area contributed by atoms with E-state index in [9.17, 15) is 13.2 Å². The zero-order valence-corrected chi connectivity index (χ0v) is 10.3. The van der Waals surface area contributed by atoms with E-state index in [1.165, 1.54) is 6.42 Å². The van der Waals surface area contributed by atoms with Gasteiger partial charge in [-0.05, 0) is 18.3 Å². The molecule has 1 saturated carbocycles. The summed E-state index contributed by atoms with van der Waals surface area (Å²) in [6, 6.07) is 0. The van der Waals surface area contributed by atoms with Crippen molar-refractivity contribution in [2.24, 2.45) is 5.41 Å². The van der Waals surface area contributed by atoms with Gasteiger partial charge in [0.15, 0.2) is 5.75 Å². The first kappa shape index (κ1) is 13.4. The molecule has 0 atom stereocenters. The van der Waals surface area contributed by atoms with Crippen LogP contribution < -0.4 is 4.72 Å². The van der Waals surface area contributed by atoms with Gasteiger partial charge >= 0.3 is 5.97 Å². The van der Waals surface area contributed by atoms with Gasteiger partial charge in [0, 0.05) is 6.54 Å². The van der Waals surface area contributed by atoms with E-state index in [1.807, 2.05) is 0 Å². The largest absolute Gasteiger partial charge is 0.480 e. The molecule has 0 saturated heterocycles. The molecule has 16 heavy (non-hydrogen) atoms. The lowest BCUT2D eigenvalue weighted by Crippen LogP contribution is -2.39.